The van der Waals surface area contributed by atoms with Gasteiger partial charge in [0.25, 0.3) is 0 Å². The van der Waals surface area contributed by atoms with Gasteiger partial charge in [-0.3, -0.25) is 4.79 Å². The van der Waals surface area contributed by atoms with E-state index in [-0.39, 0.29) is 11.5 Å². The Balaban J connectivity index is 1.75. The molecule has 0 aromatic heterocycles. The molecule has 4 nitrogen and oxygen atoms in total. The molecule has 29 heavy (non-hydrogen) atoms. The zero-order chi connectivity index (χ0) is 21.4. The zero-order valence-corrected chi connectivity index (χ0v) is 19.3. The molecular formula is C24H31BrO4. The predicted molar refractivity (Wildman–Crippen MR) is 120 cm³/mol. The molecule has 1 N–H and O–H groups in total. The van der Waals surface area contributed by atoms with Crippen LogP contribution in [-0.2, 0) is 22.6 Å². The van der Waals surface area contributed by atoms with Gasteiger partial charge in [0.1, 0.15) is 5.78 Å². The Labute approximate surface area is 182 Å². The fourth-order valence-electron chi connectivity index (χ4n) is 2.93. The zero-order valence-electron chi connectivity index (χ0n) is 17.8. The number of hydrogen-bond donors (Lipinski definition) is 1. The van der Waals surface area contributed by atoms with Crippen molar-refractivity contribution in [3.8, 4) is 11.5 Å². The third-order valence-corrected chi connectivity index (χ3v) is 5.68. The molecule has 5 heteroatoms. The Morgan fingerprint density at radius 3 is 2.55 bits per heavy atom. The van der Waals surface area contributed by atoms with Crippen molar-refractivity contribution in [3.63, 3.8) is 0 Å². The molecular weight excluding hydrogens is 432 g/mol. The first-order valence-corrected chi connectivity index (χ1v) is 10.8. The van der Waals surface area contributed by atoms with Crippen LogP contribution < -0.4 is 4.74 Å². The van der Waals surface area contributed by atoms with Gasteiger partial charge < -0.3 is 14.6 Å². The average molecular weight is 463 g/mol. The maximum absolute atomic E-state index is 11.8. The number of carbonyl (C=O) groups is 1. The molecule has 0 atom stereocenters. The smallest absolute Gasteiger partial charge is 0.161 e. The van der Waals surface area contributed by atoms with Gasteiger partial charge in [-0.05, 0) is 68.0 Å². The van der Waals surface area contributed by atoms with Crippen LogP contribution in [0.4, 0.5) is 0 Å². The van der Waals surface area contributed by atoms with E-state index in [2.05, 4.69) is 22.0 Å². The number of phenolic OH excluding ortho intramolecular Hbond substituents is 1. The lowest BCUT2D eigenvalue weighted by molar-refractivity contribution is -0.124. The fourth-order valence-corrected chi connectivity index (χ4v) is 3.38. The minimum atomic E-state index is -0.449. The number of benzene rings is 2. The Morgan fingerprint density at radius 1 is 1.14 bits per heavy atom. The van der Waals surface area contributed by atoms with Crippen LogP contribution in [0.15, 0.2) is 40.9 Å². The highest BCUT2D eigenvalue weighted by Gasteiger charge is 2.25. The number of rotatable bonds is 11. The molecule has 2 rings (SSSR count). The summed E-state index contributed by atoms with van der Waals surface area (Å²) in [5, 5.41) is 10.5. The quantitative estimate of drug-likeness (QED) is 0.416. The number of unbranched alkanes of at least 4 members (excludes halogenated alkanes) is 1. The molecule has 0 spiro atoms. The summed E-state index contributed by atoms with van der Waals surface area (Å²) in [5.74, 6) is 0.786. The van der Waals surface area contributed by atoms with Gasteiger partial charge in [0.05, 0.1) is 13.2 Å². The monoisotopic (exact) mass is 462 g/mol. The molecule has 0 heterocycles. The molecule has 0 bridgehead atoms. The van der Waals surface area contributed by atoms with E-state index in [9.17, 15) is 9.90 Å². The first-order valence-electron chi connectivity index (χ1n) is 9.98. The van der Waals surface area contributed by atoms with Crippen LogP contribution in [0.1, 0.15) is 50.3 Å². The molecule has 2 aromatic rings. The van der Waals surface area contributed by atoms with Crippen LogP contribution in [0.2, 0.25) is 0 Å². The Hall–Kier alpha value is -1.85. The molecule has 0 unspecified atom stereocenters. The van der Waals surface area contributed by atoms with E-state index in [1.54, 1.807) is 13.0 Å². The van der Waals surface area contributed by atoms with E-state index in [1.165, 1.54) is 0 Å². The summed E-state index contributed by atoms with van der Waals surface area (Å²) in [6.45, 7) is 9.10. The van der Waals surface area contributed by atoms with Gasteiger partial charge in [0, 0.05) is 16.5 Å². The highest BCUT2D eigenvalue weighted by atomic mass is 79.9. The maximum atomic E-state index is 11.8. The highest BCUT2D eigenvalue weighted by Crippen LogP contribution is 2.35. The van der Waals surface area contributed by atoms with Crippen molar-refractivity contribution in [2.45, 2.75) is 53.6 Å². The lowest BCUT2D eigenvalue weighted by Crippen LogP contribution is -2.24. The summed E-state index contributed by atoms with van der Waals surface area (Å²) in [5.41, 5.74) is 2.43. The molecule has 0 saturated heterocycles. The molecule has 0 aliphatic heterocycles. The summed E-state index contributed by atoms with van der Waals surface area (Å²) >= 11 is 3.46. The number of hydrogen-bond acceptors (Lipinski definition) is 4. The van der Waals surface area contributed by atoms with Crippen LogP contribution in [0.5, 0.6) is 11.5 Å². The molecule has 0 amide bonds. The van der Waals surface area contributed by atoms with Gasteiger partial charge in [-0.1, -0.05) is 48.0 Å². The van der Waals surface area contributed by atoms with Crippen LogP contribution in [-0.4, -0.2) is 24.1 Å². The molecule has 2 aromatic carbocycles. The van der Waals surface area contributed by atoms with Crippen molar-refractivity contribution in [1.29, 1.82) is 0 Å². The van der Waals surface area contributed by atoms with E-state index in [0.717, 1.165) is 34.0 Å². The van der Waals surface area contributed by atoms with Crippen LogP contribution in [0.3, 0.4) is 0 Å². The number of halogens is 1. The van der Waals surface area contributed by atoms with Crippen molar-refractivity contribution >= 4 is 21.7 Å². The van der Waals surface area contributed by atoms with Gasteiger partial charge in [-0.2, -0.15) is 0 Å². The molecule has 158 valence electrons. The van der Waals surface area contributed by atoms with Gasteiger partial charge in [0.2, 0.25) is 0 Å². The van der Waals surface area contributed by atoms with Crippen LogP contribution in [0.25, 0.3) is 0 Å². The van der Waals surface area contributed by atoms with Gasteiger partial charge in [-0.15, -0.1) is 0 Å². The van der Waals surface area contributed by atoms with Crippen molar-refractivity contribution in [1.82, 2.24) is 0 Å². The normalized spacial score (nSPS) is 11.5. The topological polar surface area (TPSA) is 55.8 Å². The van der Waals surface area contributed by atoms with E-state index in [1.807, 2.05) is 45.0 Å². The molecule has 0 radical (unpaired) electrons. The van der Waals surface area contributed by atoms with Crippen molar-refractivity contribution < 1.29 is 19.4 Å². The van der Waals surface area contributed by atoms with Crippen molar-refractivity contribution in [2.24, 2.45) is 5.41 Å². The van der Waals surface area contributed by atoms with Crippen molar-refractivity contribution in [3.05, 3.63) is 57.6 Å². The minimum Gasteiger partial charge on any atom is -0.504 e. The summed E-state index contributed by atoms with van der Waals surface area (Å²) in [6, 6.07) is 11.8. The van der Waals surface area contributed by atoms with Gasteiger partial charge in [0.15, 0.2) is 11.5 Å². The average Bonchev–Trinajstić information content (AvgIpc) is 2.66. The molecule has 0 saturated carbocycles. The summed E-state index contributed by atoms with van der Waals surface area (Å²) in [6.07, 6.45) is 2.33. The second kappa shape index (κ2) is 10.8. The standard InChI is InChI=1S/C24H31BrO4/c1-17-20(15-24(3,4)18(2)26)10-11-22(23(17)27)29-13-6-5-12-28-16-19-8-7-9-21(25)14-19/h7-11,14,27H,5-6,12-13,15-16H2,1-4H3. The van der Waals surface area contributed by atoms with Crippen molar-refractivity contribution in [2.75, 3.05) is 13.2 Å². The lowest BCUT2D eigenvalue weighted by Gasteiger charge is -2.23. The molecule has 0 aliphatic rings. The lowest BCUT2D eigenvalue weighted by atomic mass is 9.81. The number of carbonyl (C=O) groups excluding carboxylic acids is 1. The van der Waals surface area contributed by atoms with Crippen LogP contribution in [0, 0.1) is 12.3 Å². The van der Waals surface area contributed by atoms with Crippen LogP contribution >= 0.6 is 15.9 Å². The number of aromatic hydroxyl groups is 1. The third kappa shape index (κ3) is 7.16. The second-order valence-corrected chi connectivity index (χ2v) is 8.97. The second-order valence-electron chi connectivity index (χ2n) is 8.05. The molecule has 0 aliphatic carbocycles. The Bertz CT molecular complexity index is 830. The Morgan fingerprint density at radius 2 is 1.86 bits per heavy atom. The summed E-state index contributed by atoms with van der Waals surface area (Å²) in [4.78, 5) is 11.8. The van der Waals surface area contributed by atoms with Gasteiger partial charge >= 0.3 is 0 Å². The minimum absolute atomic E-state index is 0.138. The fraction of sp³-hybridized carbons (Fsp3) is 0.458. The first kappa shape index (κ1) is 23.4. The van der Waals surface area contributed by atoms with E-state index in [4.69, 9.17) is 9.47 Å². The SMILES string of the molecule is CC(=O)C(C)(C)Cc1ccc(OCCCCOCc2cccc(Br)c2)c(O)c1C. The molecule has 0 fully saturated rings. The number of phenols is 1. The third-order valence-electron chi connectivity index (χ3n) is 5.19. The van der Waals surface area contributed by atoms with E-state index < -0.39 is 5.41 Å². The summed E-state index contributed by atoms with van der Waals surface area (Å²) < 4.78 is 12.5. The maximum Gasteiger partial charge on any atom is 0.161 e. The first-order chi connectivity index (χ1) is 13.7. The largest absolute Gasteiger partial charge is 0.504 e. The van der Waals surface area contributed by atoms with E-state index >= 15 is 0 Å². The number of ether oxygens (including phenoxy) is 2. The predicted octanol–water partition coefficient (Wildman–Crippen LogP) is 6.00. The van der Waals surface area contributed by atoms with E-state index in [0.29, 0.717) is 32.0 Å². The number of Topliss-reactive ketones (excluding diaryl/α,β-unsaturated/α-hetero) is 1. The highest BCUT2D eigenvalue weighted by molar-refractivity contribution is 9.10. The Kier molecular flexibility index (Phi) is 8.72. The number of ketones is 1. The van der Waals surface area contributed by atoms with Gasteiger partial charge in [-0.25, -0.2) is 0 Å². The summed E-state index contributed by atoms with van der Waals surface area (Å²) in [7, 11) is 0.